The molecule has 1 amide bonds. The SMILES string of the molecule is C[C@@H](NCC(=O)N1CCN(S(=O)(=O)c2ccc3c(c2)CCC3)CC1)c1ccccc1. The Morgan fingerprint density at radius 1 is 1.00 bits per heavy atom. The molecule has 0 radical (unpaired) electrons. The third-order valence-electron chi connectivity index (χ3n) is 6.16. The maximum atomic E-state index is 13.0. The first-order valence-electron chi connectivity index (χ1n) is 10.6. The quantitative estimate of drug-likeness (QED) is 0.768. The highest BCUT2D eigenvalue weighted by molar-refractivity contribution is 7.89. The number of aryl methyl sites for hydroxylation is 2. The van der Waals surface area contributed by atoms with Gasteiger partial charge in [0.25, 0.3) is 0 Å². The Bertz CT molecular complexity index is 1000. The predicted octanol–water partition coefficient (Wildman–Crippen LogP) is 2.36. The monoisotopic (exact) mass is 427 g/mol. The molecule has 0 bridgehead atoms. The Labute approximate surface area is 178 Å². The Balaban J connectivity index is 1.31. The van der Waals surface area contributed by atoms with Crippen LogP contribution in [0.5, 0.6) is 0 Å². The zero-order chi connectivity index (χ0) is 21.1. The molecule has 0 saturated carbocycles. The number of nitrogens with one attached hydrogen (secondary N) is 1. The summed E-state index contributed by atoms with van der Waals surface area (Å²) >= 11 is 0. The third-order valence-corrected chi connectivity index (χ3v) is 8.05. The summed E-state index contributed by atoms with van der Waals surface area (Å²) in [7, 11) is -3.51. The van der Waals surface area contributed by atoms with E-state index in [0.717, 1.165) is 30.4 Å². The van der Waals surface area contributed by atoms with Crippen molar-refractivity contribution in [3.63, 3.8) is 0 Å². The third kappa shape index (κ3) is 4.43. The number of sulfonamides is 1. The van der Waals surface area contributed by atoms with E-state index < -0.39 is 10.0 Å². The minimum absolute atomic E-state index is 0.00681. The molecular weight excluding hydrogens is 398 g/mol. The number of carbonyl (C=O) groups excluding carboxylic acids is 1. The summed E-state index contributed by atoms with van der Waals surface area (Å²) in [6, 6.07) is 15.6. The highest BCUT2D eigenvalue weighted by atomic mass is 32.2. The van der Waals surface area contributed by atoms with Crippen LogP contribution in [0, 0.1) is 0 Å². The van der Waals surface area contributed by atoms with E-state index in [0.29, 0.717) is 31.1 Å². The highest BCUT2D eigenvalue weighted by Gasteiger charge is 2.30. The second-order valence-corrected chi connectivity index (χ2v) is 10.0. The normalized spacial score (nSPS) is 18.2. The lowest BCUT2D eigenvalue weighted by Gasteiger charge is -2.34. The first-order chi connectivity index (χ1) is 14.4. The standard InChI is InChI=1S/C23H29N3O3S/c1-18(19-6-3-2-4-7-19)24-17-23(27)25-12-14-26(15-13-25)30(28,29)22-11-10-20-8-5-9-21(20)16-22/h2-4,6-7,10-11,16,18,24H,5,8-9,12-15,17H2,1H3/t18-/m1/s1. The molecule has 30 heavy (non-hydrogen) atoms. The van der Waals surface area contributed by atoms with Crippen molar-refractivity contribution < 1.29 is 13.2 Å². The number of hydrogen-bond donors (Lipinski definition) is 1. The van der Waals surface area contributed by atoms with Gasteiger partial charge in [0.15, 0.2) is 0 Å². The second kappa shape index (κ2) is 8.88. The summed E-state index contributed by atoms with van der Waals surface area (Å²) in [4.78, 5) is 14.7. The number of nitrogens with zero attached hydrogens (tertiary/aromatic N) is 2. The van der Waals surface area contributed by atoms with E-state index in [1.54, 1.807) is 11.0 Å². The number of rotatable bonds is 6. The van der Waals surface area contributed by atoms with Crippen LogP contribution in [-0.2, 0) is 27.7 Å². The largest absolute Gasteiger partial charge is 0.339 e. The van der Waals surface area contributed by atoms with Crippen molar-refractivity contribution in [1.82, 2.24) is 14.5 Å². The summed E-state index contributed by atoms with van der Waals surface area (Å²) in [5.41, 5.74) is 3.56. The number of hydrogen-bond acceptors (Lipinski definition) is 4. The van der Waals surface area contributed by atoms with Gasteiger partial charge in [-0.25, -0.2) is 8.42 Å². The molecule has 1 fully saturated rings. The van der Waals surface area contributed by atoms with Gasteiger partial charge in [-0.2, -0.15) is 4.31 Å². The number of amides is 1. The fraction of sp³-hybridized carbons (Fsp3) is 0.435. The number of carbonyl (C=O) groups is 1. The molecule has 1 atom stereocenters. The Kier molecular flexibility index (Phi) is 6.22. The topological polar surface area (TPSA) is 69.7 Å². The van der Waals surface area contributed by atoms with Crippen molar-refractivity contribution in [2.24, 2.45) is 0 Å². The molecule has 1 N–H and O–H groups in total. The van der Waals surface area contributed by atoms with Gasteiger partial charge in [-0.1, -0.05) is 36.4 Å². The van der Waals surface area contributed by atoms with E-state index >= 15 is 0 Å². The molecule has 1 saturated heterocycles. The first-order valence-corrected chi connectivity index (χ1v) is 12.1. The lowest BCUT2D eigenvalue weighted by atomic mass is 10.1. The van der Waals surface area contributed by atoms with E-state index in [9.17, 15) is 13.2 Å². The molecule has 1 aliphatic carbocycles. The molecule has 0 aromatic heterocycles. The van der Waals surface area contributed by atoms with Crippen LogP contribution in [0.4, 0.5) is 0 Å². The molecule has 2 aromatic carbocycles. The van der Waals surface area contributed by atoms with Gasteiger partial charge in [0, 0.05) is 32.2 Å². The van der Waals surface area contributed by atoms with E-state index in [1.165, 1.54) is 9.87 Å². The van der Waals surface area contributed by atoms with E-state index in [2.05, 4.69) is 5.32 Å². The fourth-order valence-electron chi connectivity index (χ4n) is 4.25. The number of fused-ring (bicyclic) bond motifs is 1. The molecule has 4 rings (SSSR count). The van der Waals surface area contributed by atoms with Crippen LogP contribution in [0.1, 0.15) is 36.1 Å². The van der Waals surface area contributed by atoms with Gasteiger partial charge in [0.05, 0.1) is 11.4 Å². The zero-order valence-corrected chi connectivity index (χ0v) is 18.2. The van der Waals surface area contributed by atoms with Gasteiger partial charge in [-0.05, 0) is 55.0 Å². The molecule has 0 unspecified atom stereocenters. The molecule has 6 nitrogen and oxygen atoms in total. The average molecular weight is 428 g/mol. The fourth-order valence-corrected chi connectivity index (χ4v) is 5.72. The van der Waals surface area contributed by atoms with Crippen molar-refractivity contribution in [3.8, 4) is 0 Å². The van der Waals surface area contributed by atoms with Gasteiger partial charge in [0.2, 0.25) is 15.9 Å². The van der Waals surface area contributed by atoms with Crippen LogP contribution in [0.15, 0.2) is 53.4 Å². The zero-order valence-electron chi connectivity index (χ0n) is 17.4. The van der Waals surface area contributed by atoms with E-state index in [1.807, 2.05) is 49.4 Å². The Hall–Kier alpha value is -2.22. The van der Waals surface area contributed by atoms with Gasteiger partial charge in [0.1, 0.15) is 0 Å². The highest BCUT2D eigenvalue weighted by Crippen LogP contribution is 2.26. The van der Waals surface area contributed by atoms with Crippen molar-refractivity contribution in [3.05, 3.63) is 65.2 Å². The van der Waals surface area contributed by atoms with Crippen LogP contribution >= 0.6 is 0 Å². The maximum absolute atomic E-state index is 13.0. The van der Waals surface area contributed by atoms with E-state index in [4.69, 9.17) is 0 Å². The molecule has 160 valence electrons. The van der Waals surface area contributed by atoms with Crippen LogP contribution in [-0.4, -0.2) is 56.3 Å². The predicted molar refractivity (Wildman–Crippen MR) is 117 cm³/mol. The molecule has 2 aliphatic rings. The van der Waals surface area contributed by atoms with Crippen LogP contribution in [0.25, 0.3) is 0 Å². The summed E-state index contributed by atoms with van der Waals surface area (Å²) in [6.45, 7) is 3.78. The summed E-state index contributed by atoms with van der Waals surface area (Å²) in [5.74, 6) is 0.00681. The smallest absolute Gasteiger partial charge is 0.243 e. The average Bonchev–Trinajstić information content (AvgIpc) is 3.26. The van der Waals surface area contributed by atoms with Crippen LogP contribution in [0.3, 0.4) is 0 Å². The summed E-state index contributed by atoms with van der Waals surface area (Å²) in [6.07, 6.45) is 3.08. The minimum atomic E-state index is -3.51. The lowest BCUT2D eigenvalue weighted by molar-refractivity contribution is -0.131. The van der Waals surface area contributed by atoms with Crippen molar-refractivity contribution in [1.29, 1.82) is 0 Å². The summed E-state index contributed by atoms with van der Waals surface area (Å²) in [5, 5.41) is 3.26. The van der Waals surface area contributed by atoms with Gasteiger partial charge in [-0.3, -0.25) is 4.79 Å². The minimum Gasteiger partial charge on any atom is -0.339 e. The molecule has 0 spiro atoms. The van der Waals surface area contributed by atoms with Gasteiger partial charge < -0.3 is 10.2 Å². The Morgan fingerprint density at radius 2 is 1.70 bits per heavy atom. The second-order valence-electron chi connectivity index (χ2n) is 8.08. The maximum Gasteiger partial charge on any atom is 0.243 e. The van der Waals surface area contributed by atoms with Crippen LogP contribution < -0.4 is 5.32 Å². The molecule has 2 aromatic rings. The van der Waals surface area contributed by atoms with E-state index in [-0.39, 0.29) is 18.5 Å². The molecule has 1 heterocycles. The van der Waals surface area contributed by atoms with Crippen molar-refractivity contribution in [2.45, 2.75) is 37.1 Å². The van der Waals surface area contributed by atoms with Crippen molar-refractivity contribution >= 4 is 15.9 Å². The number of benzene rings is 2. The number of piperazine rings is 1. The van der Waals surface area contributed by atoms with Crippen LogP contribution in [0.2, 0.25) is 0 Å². The molecular formula is C23H29N3O3S. The lowest BCUT2D eigenvalue weighted by Crippen LogP contribution is -2.52. The first kappa shape index (κ1) is 21.0. The summed E-state index contributed by atoms with van der Waals surface area (Å²) < 4.78 is 27.6. The Morgan fingerprint density at radius 3 is 2.43 bits per heavy atom. The molecule has 1 aliphatic heterocycles. The molecule has 7 heteroatoms. The van der Waals surface area contributed by atoms with Gasteiger partial charge in [-0.15, -0.1) is 0 Å². The van der Waals surface area contributed by atoms with Gasteiger partial charge >= 0.3 is 0 Å². The van der Waals surface area contributed by atoms with Crippen molar-refractivity contribution in [2.75, 3.05) is 32.7 Å².